The summed E-state index contributed by atoms with van der Waals surface area (Å²) in [6.07, 6.45) is 11.9. The van der Waals surface area contributed by atoms with E-state index in [2.05, 4.69) is 11.2 Å². The van der Waals surface area contributed by atoms with E-state index in [0.29, 0.717) is 0 Å². The highest BCUT2D eigenvalue weighted by Gasteiger charge is 2.52. The molecule has 4 aliphatic rings. The molecule has 3 heteroatoms. The highest BCUT2D eigenvalue weighted by molar-refractivity contribution is 6.02. The van der Waals surface area contributed by atoms with Crippen LogP contribution >= 0.6 is 0 Å². The Kier molecular flexibility index (Phi) is 3.67. The third kappa shape index (κ3) is 2.66. The topological polar surface area (TPSA) is 41.8 Å². The number of allylic oxidation sites excluding steroid dienone is 1. The number of nitrogens with zero attached hydrogens (tertiary/aromatic N) is 1. The van der Waals surface area contributed by atoms with E-state index in [4.69, 9.17) is 4.74 Å². The third-order valence-electron chi connectivity index (χ3n) is 6.24. The lowest BCUT2D eigenvalue weighted by Gasteiger charge is -2.56. The molecule has 0 atom stereocenters. The Morgan fingerprint density at radius 1 is 1.09 bits per heavy atom. The summed E-state index contributed by atoms with van der Waals surface area (Å²) in [5, 5.41) is 13.4. The zero-order valence-corrected chi connectivity index (χ0v) is 13.7. The molecule has 122 valence electrons. The molecule has 0 aromatic heterocycles. The standard InChI is InChI=1S/C20H25NO2/c1-23-18-5-2-14(3-6-18)4-7-19(21-22)20-11-15-8-16(12-20)10-17(9-15)13-20/h2-7,15-17,22H,8-13H2,1H3/b7-4-,21-19?. The molecular formula is C20H25NO2. The zero-order chi connectivity index (χ0) is 15.9. The number of oxime groups is 1. The van der Waals surface area contributed by atoms with E-state index in [1.54, 1.807) is 7.11 Å². The van der Waals surface area contributed by atoms with Crippen molar-refractivity contribution in [1.82, 2.24) is 0 Å². The molecule has 0 saturated heterocycles. The van der Waals surface area contributed by atoms with Crippen molar-refractivity contribution >= 4 is 11.8 Å². The molecule has 1 aromatic rings. The number of benzene rings is 1. The molecule has 1 N–H and O–H groups in total. The van der Waals surface area contributed by atoms with E-state index in [1.165, 1.54) is 38.5 Å². The lowest BCUT2D eigenvalue weighted by molar-refractivity contribution is -0.0131. The number of rotatable bonds is 4. The summed E-state index contributed by atoms with van der Waals surface area (Å²) in [4.78, 5) is 0. The Bertz CT molecular complexity index is 594. The van der Waals surface area contributed by atoms with Gasteiger partial charge >= 0.3 is 0 Å². The summed E-state index contributed by atoms with van der Waals surface area (Å²) in [5.74, 6) is 3.42. The van der Waals surface area contributed by atoms with E-state index in [-0.39, 0.29) is 5.41 Å². The van der Waals surface area contributed by atoms with Gasteiger partial charge in [0, 0.05) is 5.41 Å². The number of hydrogen-bond acceptors (Lipinski definition) is 3. The Labute approximate surface area is 138 Å². The first-order valence-electron chi connectivity index (χ1n) is 8.75. The quantitative estimate of drug-likeness (QED) is 0.495. The summed E-state index contributed by atoms with van der Waals surface area (Å²) >= 11 is 0. The van der Waals surface area contributed by atoms with Crippen molar-refractivity contribution in [1.29, 1.82) is 0 Å². The second-order valence-electron chi connectivity index (χ2n) is 7.79. The lowest BCUT2D eigenvalue weighted by Crippen LogP contribution is -2.49. The Morgan fingerprint density at radius 2 is 1.65 bits per heavy atom. The van der Waals surface area contributed by atoms with Crippen molar-refractivity contribution in [2.24, 2.45) is 28.3 Å². The molecule has 4 saturated carbocycles. The van der Waals surface area contributed by atoms with Gasteiger partial charge in [0.15, 0.2) is 0 Å². The van der Waals surface area contributed by atoms with Gasteiger partial charge < -0.3 is 9.94 Å². The summed E-state index contributed by atoms with van der Waals surface area (Å²) < 4.78 is 5.19. The molecule has 4 fully saturated rings. The zero-order valence-electron chi connectivity index (χ0n) is 13.7. The fraction of sp³-hybridized carbons (Fsp3) is 0.550. The van der Waals surface area contributed by atoms with E-state index in [1.807, 2.05) is 30.3 Å². The molecule has 0 radical (unpaired) electrons. The first-order chi connectivity index (χ1) is 11.2. The van der Waals surface area contributed by atoms with Crippen LogP contribution in [0.4, 0.5) is 0 Å². The van der Waals surface area contributed by atoms with Gasteiger partial charge in [0.2, 0.25) is 0 Å². The average molecular weight is 311 g/mol. The van der Waals surface area contributed by atoms with Gasteiger partial charge in [0.05, 0.1) is 12.8 Å². The minimum absolute atomic E-state index is 0.131. The minimum Gasteiger partial charge on any atom is -0.497 e. The smallest absolute Gasteiger partial charge is 0.118 e. The van der Waals surface area contributed by atoms with Crippen LogP contribution in [0.15, 0.2) is 35.5 Å². The minimum atomic E-state index is 0.131. The fourth-order valence-corrected chi connectivity index (χ4v) is 5.63. The second kappa shape index (κ2) is 5.70. The molecule has 0 heterocycles. The number of methoxy groups -OCH3 is 1. The highest BCUT2D eigenvalue weighted by atomic mass is 16.5. The van der Waals surface area contributed by atoms with Crippen LogP contribution in [0, 0.1) is 23.2 Å². The van der Waals surface area contributed by atoms with Gasteiger partial charge in [-0.1, -0.05) is 23.4 Å². The summed E-state index contributed by atoms with van der Waals surface area (Å²) in [6, 6.07) is 7.98. The molecule has 4 bridgehead atoms. The van der Waals surface area contributed by atoms with Crippen molar-refractivity contribution in [3.63, 3.8) is 0 Å². The molecular weight excluding hydrogens is 286 g/mol. The van der Waals surface area contributed by atoms with Crippen LogP contribution < -0.4 is 4.74 Å². The Balaban J connectivity index is 1.55. The lowest BCUT2D eigenvalue weighted by atomic mass is 9.48. The largest absolute Gasteiger partial charge is 0.497 e. The van der Waals surface area contributed by atoms with Crippen LogP contribution in [-0.4, -0.2) is 18.0 Å². The molecule has 4 aliphatic carbocycles. The SMILES string of the molecule is COc1ccc(/C=C\C(=NO)C23CC4CC(CC(C4)C2)C3)cc1. The average Bonchev–Trinajstić information content (AvgIpc) is 2.54. The fourth-order valence-electron chi connectivity index (χ4n) is 5.63. The molecule has 23 heavy (non-hydrogen) atoms. The molecule has 1 aromatic carbocycles. The van der Waals surface area contributed by atoms with Crippen molar-refractivity contribution in [3.8, 4) is 5.75 Å². The number of ether oxygens (including phenoxy) is 1. The normalized spacial score (nSPS) is 35.9. The second-order valence-corrected chi connectivity index (χ2v) is 7.79. The van der Waals surface area contributed by atoms with E-state index in [9.17, 15) is 5.21 Å². The molecule has 0 aliphatic heterocycles. The highest BCUT2D eigenvalue weighted by Crippen LogP contribution is 2.60. The van der Waals surface area contributed by atoms with E-state index >= 15 is 0 Å². The first kappa shape index (κ1) is 14.8. The van der Waals surface area contributed by atoms with E-state index in [0.717, 1.165) is 34.8 Å². The van der Waals surface area contributed by atoms with Gasteiger partial charge in [0.1, 0.15) is 5.75 Å². The predicted octanol–water partition coefficient (Wildman–Crippen LogP) is 4.76. The number of hydrogen-bond donors (Lipinski definition) is 1. The Hall–Kier alpha value is -1.77. The summed E-state index contributed by atoms with van der Waals surface area (Å²) in [5.41, 5.74) is 2.14. The van der Waals surface area contributed by atoms with Gasteiger partial charge in [-0.05, 0) is 80.1 Å². The van der Waals surface area contributed by atoms with Crippen molar-refractivity contribution in [3.05, 3.63) is 35.9 Å². The van der Waals surface area contributed by atoms with Crippen LogP contribution in [0.1, 0.15) is 44.1 Å². The molecule has 0 amide bonds. The maximum absolute atomic E-state index is 9.66. The maximum Gasteiger partial charge on any atom is 0.118 e. The molecule has 5 rings (SSSR count). The Morgan fingerprint density at radius 3 is 2.13 bits per heavy atom. The monoisotopic (exact) mass is 311 g/mol. The summed E-state index contributed by atoms with van der Waals surface area (Å²) in [7, 11) is 1.68. The molecule has 3 nitrogen and oxygen atoms in total. The van der Waals surface area contributed by atoms with E-state index < -0.39 is 0 Å². The van der Waals surface area contributed by atoms with Crippen molar-refractivity contribution < 1.29 is 9.94 Å². The van der Waals surface area contributed by atoms with Gasteiger partial charge in [-0.25, -0.2) is 0 Å². The van der Waals surface area contributed by atoms with Crippen LogP contribution in [0.3, 0.4) is 0 Å². The van der Waals surface area contributed by atoms with Crippen LogP contribution in [0.25, 0.3) is 6.08 Å². The van der Waals surface area contributed by atoms with Gasteiger partial charge in [-0.2, -0.15) is 0 Å². The van der Waals surface area contributed by atoms with Gasteiger partial charge in [-0.15, -0.1) is 0 Å². The first-order valence-corrected chi connectivity index (χ1v) is 8.75. The third-order valence-corrected chi connectivity index (χ3v) is 6.24. The maximum atomic E-state index is 9.66. The van der Waals surface area contributed by atoms with Gasteiger partial charge in [0.25, 0.3) is 0 Å². The summed E-state index contributed by atoms with van der Waals surface area (Å²) in [6.45, 7) is 0. The van der Waals surface area contributed by atoms with Gasteiger partial charge in [-0.3, -0.25) is 0 Å². The van der Waals surface area contributed by atoms with Crippen LogP contribution in [0.5, 0.6) is 5.75 Å². The molecule has 0 spiro atoms. The van der Waals surface area contributed by atoms with Crippen LogP contribution in [-0.2, 0) is 0 Å². The van der Waals surface area contributed by atoms with Crippen LogP contribution in [0.2, 0.25) is 0 Å². The predicted molar refractivity (Wildman–Crippen MR) is 91.9 cm³/mol. The van der Waals surface area contributed by atoms with Crippen molar-refractivity contribution in [2.45, 2.75) is 38.5 Å². The van der Waals surface area contributed by atoms with Crippen molar-refractivity contribution in [2.75, 3.05) is 7.11 Å². The molecule has 0 unspecified atom stereocenters.